The molecule has 0 saturated heterocycles. The molecule has 0 saturated carbocycles. The third-order valence-electron chi connectivity index (χ3n) is 3.69. The van der Waals surface area contributed by atoms with Crippen LogP contribution in [0.2, 0.25) is 0 Å². The second kappa shape index (κ2) is 5.65. The lowest BCUT2D eigenvalue weighted by Crippen LogP contribution is -2.26. The standard InChI is InChI=1S/C16H12F3N3/c1-9-12(7-20)15(13(8-21)10(2)22-9)11-5-3-4-6-14(11)16(17,18)19/h3-6,12,15H,1-2H3. The number of rotatable bonds is 1. The molecule has 0 fully saturated rings. The largest absolute Gasteiger partial charge is 0.416 e. The van der Waals surface area contributed by atoms with Crippen LogP contribution < -0.4 is 0 Å². The molecule has 1 aromatic carbocycles. The molecule has 3 nitrogen and oxygen atoms in total. The summed E-state index contributed by atoms with van der Waals surface area (Å²) in [6.45, 7) is 3.16. The van der Waals surface area contributed by atoms with Gasteiger partial charge in [0.25, 0.3) is 0 Å². The van der Waals surface area contributed by atoms with E-state index in [4.69, 9.17) is 0 Å². The van der Waals surface area contributed by atoms with Crippen LogP contribution in [0.15, 0.2) is 40.5 Å². The molecule has 1 aliphatic rings. The van der Waals surface area contributed by atoms with Crippen molar-refractivity contribution in [1.29, 1.82) is 10.5 Å². The Kier molecular flexibility index (Phi) is 4.05. The quantitative estimate of drug-likeness (QED) is 0.780. The predicted molar refractivity (Wildman–Crippen MR) is 74.7 cm³/mol. The number of nitrogens with zero attached hydrogens (tertiary/aromatic N) is 3. The highest BCUT2D eigenvalue weighted by atomic mass is 19.4. The first-order chi connectivity index (χ1) is 10.3. The van der Waals surface area contributed by atoms with Gasteiger partial charge in [-0.2, -0.15) is 23.7 Å². The average molecular weight is 303 g/mol. The Balaban J connectivity index is 2.73. The maximum absolute atomic E-state index is 13.2. The lowest BCUT2D eigenvalue weighted by Gasteiger charge is -2.28. The van der Waals surface area contributed by atoms with Crippen molar-refractivity contribution >= 4 is 5.71 Å². The normalized spacial score (nSPS) is 21.9. The summed E-state index contributed by atoms with van der Waals surface area (Å²) in [5, 5.41) is 18.7. The molecule has 112 valence electrons. The molecule has 0 aliphatic carbocycles. The maximum atomic E-state index is 13.2. The average Bonchev–Trinajstić information content (AvgIpc) is 2.45. The Morgan fingerprint density at radius 2 is 1.77 bits per heavy atom. The van der Waals surface area contributed by atoms with Gasteiger partial charge in [-0.05, 0) is 25.5 Å². The summed E-state index contributed by atoms with van der Waals surface area (Å²) in [5.74, 6) is -1.84. The van der Waals surface area contributed by atoms with Gasteiger partial charge in [-0.25, -0.2) is 0 Å². The molecule has 22 heavy (non-hydrogen) atoms. The molecule has 6 heteroatoms. The molecule has 1 aliphatic heterocycles. The second-order valence-corrected chi connectivity index (χ2v) is 5.03. The smallest absolute Gasteiger partial charge is 0.260 e. The van der Waals surface area contributed by atoms with E-state index < -0.39 is 23.6 Å². The summed E-state index contributed by atoms with van der Waals surface area (Å²) < 4.78 is 39.7. The Morgan fingerprint density at radius 3 is 2.32 bits per heavy atom. The first-order valence-corrected chi connectivity index (χ1v) is 6.53. The minimum Gasteiger partial charge on any atom is -0.260 e. The van der Waals surface area contributed by atoms with Crippen LogP contribution in [0.1, 0.15) is 30.9 Å². The third-order valence-corrected chi connectivity index (χ3v) is 3.69. The topological polar surface area (TPSA) is 59.9 Å². The van der Waals surface area contributed by atoms with Crippen LogP contribution in [0.25, 0.3) is 0 Å². The van der Waals surface area contributed by atoms with Crippen LogP contribution in [-0.4, -0.2) is 5.71 Å². The van der Waals surface area contributed by atoms with Crippen LogP contribution in [0, 0.1) is 28.6 Å². The van der Waals surface area contributed by atoms with Crippen molar-refractivity contribution in [3.05, 3.63) is 46.7 Å². The number of aliphatic imine (C=N–C) groups is 1. The van der Waals surface area contributed by atoms with Gasteiger partial charge in [0.15, 0.2) is 0 Å². The molecule has 0 radical (unpaired) electrons. The van der Waals surface area contributed by atoms with Crippen LogP contribution in [-0.2, 0) is 6.18 Å². The summed E-state index contributed by atoms with van der Waals surface area (Å²) >= 11 is 0. The molecule has 0 amide bonds. The maximum Gasteiger partial charge on any atom is 0.416 e. The highest BCUT2D eigenvalue weighted by molar-refractivity contribution is 5.90. The Hall–Kier alpha value is -2.60. The summed E-state index contributed by atoms with van der Waals surface area (Å²) in [6.07, 6.45) is -4.55. The highest BCUT2D eigenvalue weighted by Gasteiger charge is 2.40. The van der Waals surface area contributed by atoms with Crippen LogP contribution in [0.3, 0.4) is 0 Å². The summed E-state index contributed by atoms with van der Waals surface area (Å²) in [6, 6.07) is 8.96. The first kappa shape index (κ1) is 15.8. The van der Waals surface area contributed by atoms with Gasteiger partial charge < -0.3 is 0 Å². The van der Waals surface area contributed by atoms with Crippen molar-refractivity contribution in [2.75, 3.05) is 0 Å². The minimum absolute atomic E-state index is 0.0632. The van der Waals surface area contributed by atoms with Crippen molar-refractivity contribution in [3.8, 4) is 12.1 Å². The molecule has 0 aromatic heterocycles. The van der Waals surface area contributed by atoms with Gasteiger partial charge in [0.2, 0.25) is 0 Å². The van der Waals surface area contributed by atoms with Crippen LogP contribution in [0.4, 0.5) is 13.2 Å². The number of nitriles is 2. The minimum atomic E-state index is -4.55. The van der Waals surface area contributed by atoms with E-state index in [1.807, 2.05) is 12.1 Å². The number of benzene rings is 1. The van der Waals surface area contributed by atoms with E-state index in [1.165, 1.54) is 18.2 Å². The molecular weight excluding hydrogens is 291 g/mol. The fourth-order valence-corrected chi connectivity index (χ4v) is 2.71. The summed E-state index contributed by atoms with van der Waals surface area (Å²) in [5.41, 5.74) is -0.00879. The number of hydrogen-bond donors (Lipinski definition) is 0. The zero-order valence-electron chi connectivity index (χ0n) is 11.9. The number of alkyl halides is 3. The van der Waals surface area contributed by atoms with E-state index in [0.717, 1.165) is 6.07 Å². The highest BCUT2D eigenvalue weighted by Crippen LogP contribution is 2.43. The van der Waals surface area contributed by atoms with Crippen molar-refractivity contribution in [3.63, 3.8) is 0 Å². The fraction of sp³-hybridized carbons (Fsp3) is 0.312. The van der Waals surface area contributed by atoms with Gasteiger partial charge in [-0.1, -0.05) is 18.2 Å². The predicted octanol–water partition coefficient (Wildman–Crippen LogP) is 4.20. The van der Waals surface area contributed by atoms with E-state index in [2.05, 4.69) is 4.99 Å². The lowest BCUT2D eigenvalue weighted by molar-refractivity contribution is -0.138. The Bertz CT molecular complexity index is 745. The molecule has 2 unspecified atom stereocenters. The molecule has 2 rings (SSSR count). The lowest BCUT2D eigenvalue weighted by atomic mass is 9.75. The zero-order valence-corrected chi connectivity index (χ0v) is 11.9. The van der Waals surface area contributed by atoms with Crippen molar-refractivity contribution < 1.29 is 13.2 Å². The van der Waals surface area contributed by atoms with Crippen molar-refractivity contribution in [2.24, 2.45) is 10.9 Å². The van der Waals surface area contributed by atoms with Crippen molar-refractivity contribution in [1.82, 2.24) is 0 Å². The van der Waals surface area contributed by atoms with Gasteiger partial charge >= 0.3 is 6.18 Å². The number of hydrogen-bond acceptors (Lipinski definition) is 3. The number of allylic oxidation sites excluding steroid dienone is 2. The molecule has 0 bridgehead atoms. The van der Waals surface area contributed by atoms with E-state index in [0.29, 0.717) is 11.4 Å². The Morgan fingerprint density at radius 1 is 1.14 bits per heavy atom. The summed E-state index contributed by atoms with van der Waals surface area (Å²) in [7, 11) is 0. The molecule has 2 atom stereocenters. The molecule has 0 spiro atoms. The van der Waals surface area contributed by atoms with Crippen LogP contribution in [0.5, 0.6) is 0 Å². The van der Waals surface area contributed by atoms with E-state index in [1.54, 1.807) is 13.8 Å². The molecular formula is C16H12F3N3. The number of halogens is 3. The first-order valence-electron chi connectivity index (χ1n) is 6.53. The Labute approximate surface area is 126 Å². The second-order valence-electron chi connectivity index (χ2n) is 5.03. The van der Waals surface area contributed by atoms with E-state index in [-0.39, 0.29) is 11.1 Å². The van der Waals surface area contributed by atoms with Gasteiger partial charge in [0.05, 0.1) is 34.9 Å². The molecule has 1 heterocycles. The van der Waals surface area contributed by atoms with E-state index >= 15 is 0 Å². The van der Waals surface area contributed by atoms with E-state index in [9.17, 15) is 23.7 Å². The van der Waals surface area contributed by atoms with Gasteiger partial charge in [0.1, 0.15) is 0 Å². The molecule has 0 N–H and O–H groups in total. The van der Waals surface area contributed by atoms with Crippen LogP contribution >= 0.6 is 0 Å². The van der Waals surface area contributed by atoms with Gasteiger partial charge in [0, 0.05) is 11.6 Å². The summed E-state index contributed by atoms with van der Waals surface area (Å²) in [4.78, 5) is 4.12. The third kappa shape index (κ3) is 2.60. The molecule has 1 aromatic rings. The van der Waals surface area contributed by atoms with Crippen molar-refractivity contribution in [2.45, 2.75) is 25.9 Å². The monoisotopic (exact) mass is 303 g/mol. The zero-order chi connectivity index (χ0) is 16.5. The fourth-order valence-electron chi connectivity index (χ4n) is 2.71. The SMILES string of the molecule is CC1=NC(C)=C(C#N)C(c2ccccc2C(F)(F)F)C1C#N. The van der Waals surface area contributed by atoms with Gasteiger partial charge in [-0.3, -0.25) is 4.99 Å². The van der Waals surface area contributed by atoms with Gasteiger partial charge in [-0.15, -0.1) is 0 Å².